The van der Waals surface area contributed by atoms with E-state index >= 15 is 0 Å². The van der Waals surface area contributed by atoms with Gasteiger partial charge in [-0.3, -0.25) is 4.79 Å². The first-order chi connectivity index (χ1) is 10.2. The molecule has 1 aliphatic heterocycles. The van der Waals surface area contributed by atoms with E-state index in [9.17, 15) is 9.18 Å². The van der Waals surface area contributed by atoms with Crippen LogP contribution >= 0.6 is 0 Å². The van der Waals surface area contributed by atoms with Crippen LogP contribution in [0, 0.1) is 5.82 Å². The van der Waals surface area contributed by atoms with Crippen LogP contribution in [0.1, 0.15) is 6.92 Å². The molecule has 2 aromatic rings. The zero-order valence-corrected chi connectivity index (χ0v) is 11.4. The molecular weight excluding hydrogens is 273 g/mol. The maximum absolute atomic E-state index is 14.1. The van der Waals surface area contributed by atoms with E-state index in [4.69, 9.17) is 0 Å². The number of fused-ring (bicyclic) bond motifs is 1. The van der Waals surface area contributed by atoms with Crippen molar-refractivity contribution in [1.29, 1.82) is 0 Å². The van der Waals surface area contributed by atoms with E-state index < -0.39 is 5.82 Å². The van der Waals surface area contributed by atoms with Crippen LogP contribution in [0.2, 0.25) is 0 Å². The number of rotatable bonds is 3. The van der Waals surface area contributed by atoms with Crippen LogP contribution < -0.4 is 15.5 Å². The molecule has 0 spiro atoms. The molecule has 0 saturated heterocycles. The van der Waals surface area contributed by atoms with Gasteiger partial charge in [0.25, 0.3) is 0 Å². The zero-order valence-electron chi connectivity index (χ0n) is 11.4. The lowest BCUT2D eigenvalue weighted by atomic mass is 10.2. The molecule has 0 atom stereocenters. The molecule has 1 aromatic heterocycles. The summed E-state index contributed by atoms with van der Waals surface area (Å²) in [5.41, 5.74) is 1.34. The van der Waals surface area contributed by atoms with E-state index in [0.717, 1.165) is 6.20 Å². The van der Waals surface area contributed by atoms with Gasteiger partial charge in [-0.2, -0.15) is 4.98 Å². The van der Waals surface area contributed by atoms with Gasteiger partial charge in [0.2, 0.25) is 11.9 Å². The van der Waals surface area contributed by atoms with Gasteiger partial charge < -0.3 is 15.5 Å². The molecule has 1 aromatic carbocycles. The van der Waals surface area contributed by atoms with Crippen molar-refractivity contribution in [1.82, 2.24) is 9.97 Å². The number of para-hydroxylation sites is 2. The Morgan fingerprint density at radius 3 is 3.05 bits per heavy atom. The Bertz CT molecular complexity index is 691. The Labute approximate surface area is 121 Å². The third kappa shape index (κ3) is 2.49. The molecule has 21 heavy (non-hydrogen) atoms. The fraction of sp³-hybridized carbons (Fsp3) is 0.214. The second kappa shape index (κ2) is 5.35. The molecule has 0 unspecified atom stereocenters. The van der Waals surface area contributed by atoms with E-state index in [2.05, 4.69) is 20.6 Å². The van der Waals surface area contributed by atoms with E-state index in [-0.39, 0.29) is 18.3 Å². The number of amides is 1. The zero-order chi connectivity index (χ0) is 14.8. The van der Waals surface area contributed by atoms with Crippen molar-refractivity contribution >= 4 is 29.0 Å². The lowest BCUT2D eigenvalue weighted by Crippen LogP contribution is -2.36. The average molecular weight is 287 g/mol. The van der Waals surface area contributed by atoms with Gasteiger partial charge in [0.05, 0.1) is 17.6 Å². The Kier molecular flexibility index (Phi) is 3.39. The second-order valence-electron chi connectivity index (χ2n) is 4.55. The van der Waals surface area contributed by atoms with Crippen LogP contribution in [-0.2, 0) is 4.79 Å². The minimum atomic E-state index is -0.568. The lowest BCUT2D eigenvalue weighted by molar-refractivity contribution is -0.115. The summed E-state index contributed by atoms with van der Waals surface area (Å²) < 4.78 is 14.1. The van der Waals surface area contributed by atoms with E-state index in [1.165, 1.54) is 0 Å². The predicted octanol–water partition coefficient (Wildman–Crippen LogP) is 2.14. The van der Waals surface area contributed by atoms with Crippen molar-refractivity contribution in [3.8, 4) is 0 Å². The summed E-state index contributed by atoms with van der Waals surface area (Å²) in [4.78, 5) is 21.4. The van der Waals surface area contributed by atoms with Gasteiger partial charge in [-0.15, -0.1) is 0 Å². The lowest BCUT2D eigenvalue weighted by Gasteiger charge is -2.30. The highest BCUT2D eigenvalue weighted by atomic mass is 19.1. The number of halogens is 1. The topological polar surface area (TPSA) is 70.2 Å². The van der Waals surface area contributed by atoms with Gasteiger partial charge >= 0.3 is 0 Å². The van der Waals surface area contributed by atoms with Crippen LogP contribution in [-0.4, -0.2) is 29.0 Å². The number of benzene rings is 1. The van der Waals surface area contributed by atoms with Gasteiger partial charge in [-0.05, 0) is 19.1 Å². The van der Waals surface area contributed by atoms with Crippen LogP contribution in [0.4, 0.5) is 27.5 Å². The molecule has 0 saturated carbocycles. The Balaban J connectivity index is 2.08. The monoisotopic (exact) mass is 287 g/mol. The highest BCUT2D eigenvalue weighted by Crippen LogP contribution is 2.34. The number of carbonyl (C=O) groups is 1. The summed E-state index contributed by atoms with van der Waals surface area (Å²) in [6.07, 6.45) is 1.11. The summed E-state index contributed by atoms with van der Waals surface area (Å²) in [5.74, 6) is -0.363. The number of hydrogen-bond donors (Lipinski definition) is 2. The van der Waals surface area contributed by atoms with E-state index in [0.29, 0.717) is 23.9 Å². The molecule has 2 N–H and O–H groups in total. The first-order valence-electron chi connectivity index (χ1n) is 6.62. The van der Waals surface area contributed by atoms with Crippen LogP contribution in [0.3, 0.4) is 0 Å². The third-order valence-corrected chi connectivity index (χ3v) is 3.09. The van der Waals surface area contributed by atoms with Crippen molar-refractivity contribution in [3.05, 3.63) is 36.3 Å². The molecule has 1 amide bonds. The number of carbonyl (C=O) groups excluding carboxylic acids is 1. The molecular formula is C14H14FN5O. The summed E-state index contributed by atoms with van der Waals surface area (Å²) in [6.45, 7) is 2.54. The molecule has 0 radical (unpaired) electrons. The predicted molar refractivity (Wildman–Crippen MR) is 78.2 cm³/mol. The maximum atomic E-state index is 14.1. The molecule has 2 heterocycles. The molecule has 0 fully saturated rings. The van der Waals surface area contributed by atoms with E-state index in [1.807, 2.05) is 25.1 Å². The first-order valence-corrected chi connectivity index (χ1v) is 6.62. The first kappa shape index (κ1) is 13.3. The highest BCUT2D eigenvalue weighted by Gasteiger charge is 2.26. The molecule has 3 rings (SSSR count). The molecule has 0 aliphatic carbocycles. The minimum absolute atomic E-state index is 0.0104. The Hall–Kier alpha value is -2.70. The number of nitrogens with one attached hydrogen (secondary N) is 2. The number of hydrogen-bond acceptors (Lipinski definition) is 5. The number of anilines is 4. The number of nitrogens with zero attached hydrogens (tertiary/aromatic N) is 3. The summed E-state index contributed by atoms with van der Waals surface area (Å²) in [6, 6.07) is 7.21. The standard InChI is InChI=1S/C14H14FN5O/c1-2-16-14-17-7-9(15)13(19-14)20-8-12(21)18-10-5-3-4-6-11(10)20/h3-7H,2,8H2,1H3,(H,18,21)(H,16,17,19). The largest absolute Gasteiger partial charge is 0.354 e. The summed E-state index contributed by atoms with van der Waals surface area (Å²) in [5, 5.41) is 5.69. The van der Waals surface area contributed by atoms with Crippen LogP contribution in [0.15, 0.2) is 30.5 Å². The molecule has 108 valence electrons. The Morgan fingerprint density at radius 2 is 2.24 bits per heavy atom. The van der Waals surface area contributed by atoms with Crippen molar-refractivity contribution < 1.29 is 9.18 Å². The van der Waals surface area contributed by atoms with Crippen LogP contribution in [0.5, 0.6) is 0 Å². The van der Waals surface area contributed by atoms with Gasteiger partial charge in [0.1, 0.15) is 6.54 Å². The molecule has 6 nitrogen and oxygen atoms in total. The van der Waals surface area contributed by atoms with Crippen molar-refractivity contribution in [2.24, 2.45) is 0 Å². The van der Waals surface area contributed by atoms with Gasteiger partial charge in [-0.1, -0.05) is 12.1 Å². The maximum Gasteiger partial charge on any atom is 0.244 e. The van der Waals surface area contributed by atoms with Crippen molar-refractivity contribution in [3.63, 3.8) is 0 Å². The van der Waals surface area contributed by atoms with Crippen molar-refractivity contribution in [2.75, 3.05) is 28.6 Å². The molecule has 7 heteroatoms. The molecule has 0 bridgehead atoms. The van der Waals surface area contributed by atoms with Crippen LogP contribution in [0.25, 0.3) is 0 Å². The quantitative estimate of drug-likeness (QED) is 0.905. The third-order valence-electron chi connectivity index (χ3n) is 3.09. The average Bonchev–Trinajstić information content (AvgIpc) is 2.48. The fourth-order valence-electron chi connectivity index (χ4n) is 2.21. The SMILES string of the molecule is CCNc1ncc(F)c(N2CC(=O)Nc3ccccc32)n1. The van der Waals surface area contributed by atoms with E-state index in [1.54, 1.807) is 11.0 Å². The van der Waals surface area contributed by atoms with Gasteiger partial charge in [-0.25, -0.2) is 9.37 Å². The van der Waals surface area contributed by atoms with Crippen molar-refractivity contribution in [2.45, 2.75) is 6.92 Å². The summed E-state index contributed by atoms with van der Waals surface area (Å²) in [7, 11) is 0. The Morgan fingerprint density at radius 1 is 1.43 bits per heavy atom. The smallest absolute Gasteiger partial charge is 0.244 e. The minimum Gasteiger partial charge on any atom is -0.354 e. The molecule has 1 aliphatic rings. The fourth-order valence-corrected chi connectivity index (χ4v) is 2.21. The van der Waals surface area contributed by atoms with Gasteiger partial charge in [0, 0.05) is 6.54 Å². The second-order valence-corrected chi connectivity index (χ2v) is 4.55. The highest BCUT2D eigenvalue weighted by molar-refractivity contribution is 6.02. The summed E-state index contributed by atoms with van der Waals surface area (Å²) >= 11 is 0. The normalized spacial score (nSPS) is 13.6. The van der Waals surface area contributed by atoms with Gasteiger partial charge in [0.15, 0.2) is 11.6 Å². The number of aromatic nitrogens is 2.